The molecule has 1 aromatic heterocycles. The van der Waals surface area contributed by atoms with E-state index in [0.717, 1.165) is 16.6 Å². The molecular formula is C13H17BrN4O2S. The van der Waals surface area contributed by atoms with Crippen LogP contribution in [-0.4, -0.2) is 25.2 Å². The van der Waals surface area contributed by atoms with E-state index in [4.69, 9.17) is 0 Å². The van der Waals surface area contributed by atoms with Crippen molar-refractivity contribution in [3.63, 3.8) is 0 Å². The first-order valence-electron chi connectivity index (χ1n) is 6.45. The summed E-state index contributed by atoms with van der Waals surface area (Å²) in [5.74, 6) is 0. The lowest BCUT2D eigenvalue weighted by atomic mass is 10.1. The van der Waals surface area contributed by atoms with Crippen molar-refractivity contribution in [3.8, 4) is 0 Å². The summed E-state index contributed by atoms with van der Waals surface area (Å²) in [6, 6.07) is 3.61. The summed E-state index contributed by atoms with van der Waals surface area (Å²) in [7, 11) is -3.65. The summed E-state index contributed by atoms with van der Waals surface area (Å²) in [6.07, 6.45) is 2.91. The number of hydrogen-bond acceptors (Lipinski definition) is 4. The average molecular weight is 373 g/mol. The van der Waals surface area contributed by atoms with E-state index in [1.807, 2.05) is 13.0 Å². The van der Waals surface area contributed by atoms with Gasteiger partial charge in [-0.05, 0) is 36.7 Å². The summed E-state index contributed by atoms with van der Waals surface area (Å²) in [5.41, 5.74) is 1.98. The number of anilines is 1. The fourth-order valence-corrected chi connectivity index (χ4v) is 3.86. The smallest absolute Gasteiger partial charge is 0.262 e. The average Bonchev–Trinajstić information content (AvgIpc) is 2.91. The number of hydrogen-bond donors (Lipinski definition) is 3. The zero-order chi connectivity index (χ0) is 15.5. The van der Waals surface area contributed by atoms with Crippen LogP contribution in [0.25, 0.3) is 0 Å². The first-order chi connectivity index (χ1) is 9.94. The Morgan fingerprint density at radius 3 is 2.76 bits per heavy atom. The van der Waals surface area contributed by atoms with Gasteiger partial charge in [-0.25, -0.2) is 8.42 Å². The lowest BCUT2D eigenvalue weighted by Crippen LogP contribution is -2.16. The van der Waals surface area contributed by atoms with Gasteiger partial charge in [0.05, 0.1) is 16.8 Å². The number of benzene rings is 1. The monoisotopic (exact) mass is 372 g/mol. The van der Waals surface area contributed by atoms with Gasteiger partial charge in [0.25, 0.3) is 10.0 Å². The van der Waals surface area contributed by atoms with E-state index in [0.29, 0.717) is 17.8 Å². The standard InChI is InChI=1S/C13H17BrN4O2S/c1-3-15-6-10-4-12(14)9(2)13(5-10)21(19,20)18-11-7-16-17-8-11/h4-5,7-8,15,18H,3,6H2,1-2H3,(H,16,17). The van der Waals surface area contributed by atoms with E-state index in [2.05, 4.69) is 36.2 Å². The van der Waals surface area contributed by atoms with Crippen molar-refractivity contribution >= 4 is 31.6 Å². The molecule has 0 aliphatic rings. The van der Waals surface area contributed by atoms with E-state index < -0.39 is 10.0 Å². The Bertz CT molecular complexity index is 714. The van der Waals surface area contributed by atoms with Crippen LogP contribution in [0.3, 0.4) is 0 Å². The van der Waals surface area contributed by atoms with E-state index in [-0.39, 0.29) is 4.90 Å². The van der Waals surface area contributed by atoms with E-state index in [1.54, 1.807) is 13.0 Å². The molecule has 114 valence electrons. The maximum absolute atomic E-state index is 12.5. The van der Waals surface area contributed by atoms with Crippen molar-refractivity contribution in [1.29, 1.82) is 0 Å². The van der Waals surface area contributed by atoms with Crippen LogP contribution in [0.5, 0.6) is 0 Å². The fourth-order valence-electron chi connectivity index (χ4n) is 1.87. The summed E-state index contributed by atoms with van der Waals surface area (Å²) >= 11 is 3.42. The zero-order valence-electron chi connectivity index (χ0n) is 11.8. The molecule has 3 N–H and O–H groups in total. The third-order valence-corrected chi connectivity index (χ3v) is 5.31. The molecule has 0 atom stereocenters. The van der Waals surface area contributed by atoms with Crippen molar-refractivity contribution in [3.05, 3.63) is 40.1 Å². The van der Waals surface area contributed by atoms with Crippen molar-refractivity contribution in [2.45, 2.75) is 25.3 Å². The number of H-pyrrole nitrogens is 1. The van der Waals surface area contributed by atoms with Gasteiger partial charge < -0.3 is 5.32 Å². The highest BCUT2D eigenvalue weighted by Crippen LogP contribution is 2.27. The number of nitrogens with one attached hydrogen (secondary N) is 3. The maximum atomic E-state index is 12.5. The van der Waals surface area contributed by atoms with Gasteiger partial charge in [-0.15, -0.1) is 0 Å². The van der Waals surface area contributed by atoms with Crippen LogP contribution in [0, 0.1) is 6.92 Å². The molecule has 0 bridgehead atoms. The number of halogens is 1. The largest absolute Gasteiger partial charge is 0.313 e. The minimum Gasteiger partial charge on any atom is -0.313 e. The molecule has 0 radical (unpaired) electrons. The molecule has 0 fully saturated rings. The predicted octanol–water partition coefficient (Wildman–Crippen LogP) is 2.39. The Morgan fingerprint density at radius 2 is 2.14 bits per heavy atom. The molecule has 6 nitrogen and oxygen atoms in total. The highest BCUT2D eigenvalue weighted by molar-refractivity contribution is 9.10. The first kappa shape index (κ1) is 16.0. The molecule has 0 saturated heterocycles. The van der Waals surface area contributed by atoms with Crippen molar-refractivity contribution in [2.24, 2.45) is 0 Å². The first-order valence-corrected chi connectivity index (χ1v) is 8.73. The molecule has 0 unspecified atom stereocenters. The van der Waals surface area contributed by atoms with Crippen LogP contribution >= 0.6 is 15.9 Å². The predicted molar refractivity (Wildman–Crippen MR) is 85.7 cm³/mol. The van der Waals surface area contributed by atoms with Crippen LogP contribution in [-0.2, 0) is 16.6 Å². The van der Waals surface area contributed by atoms with Crippen molar-refractivity contribution in [1.82, 2.24) is 15.5 Å². The van der Waals surface area contributed by atoms with Crippen LogP contribution in [0.15, 0.2) is 33.9 Å². The molecule has 0 spiro atoms. The lowest BCUT2D eigenvalue weighted by Gasteiger charge is -2.13. The van der Waals surface area contributed by atoms with Gasteiger partial charge in [0.15, 0.2) is 0 Å². The Labute approximate surface area is 132 Å². The number of rotatable bonds is 6. The Kier molecular flexibility index (Phi) is 5.02. The van der Waals surface area contributed by atoms with Crippen molar-refractivity contribution < 1.29 is 8.42 Å². The van der Waals surface area contributed by atoms with Crippen LogP contribution in [0.1, 0.15) is 18.1 Å². The molecule has 0 aliphatic carbocycles. The maximum Gasteiger partial charge on any atom is 0.262 e. The van der Waals surface area contributed by atoms with Gasteiger partial charge in [-0.3, -0.25) is 9.82 Å². The van der Waals surface area contributed by atoms with Gasteiger partial charge in [0.1, 0.15) is 0 Å². The second kappa shape index (κ2) is 6.59. The van der Waals surface area contributed by atoms with Gasteiger partial charge >= 0.3 is 0 Å². The van der Waals surface area contributed by atoms with Crippen LogP contribution in [0.4, 0.5) is 5.69 Å². The third kappa shape index (κ3) is 3.84. The van der Waals surface area contributed by atoms with Crippen LogP contribution in [0.2, 0.25) is 0 Å². The second-order valence-corrected chi connectivity index (χ2v) is 7.08. The Balaban J connectivity index is 2.39. The highest BCUT2D eigenvalue weighted by atomic mass is 79.9. The molecule has 2 aromatic rings. The summed E-state index contributed by atoms with van der Waals surface area (Å²) in [6.45, 7) is 5.21. The molecule has 1 heterocycles. The normalized spacial score (nSPS) is 11.6. The molecule has 1 aromatic carbocycles. The van der Waals surface area contributed by atoms with E-state index in [9.17, 15) is 8.42 Å². The summed E-state index contributed by atoms with van der Waals surface area (Å²) in [4.78, 5) is 0.256. The minimum absolute atomic E-state index is 0.256. The van der Waals surface area contributed by atoms with Gasteiger partial charge in [0, 0.05) is 17.2 Å². The molecule has 0 amide bonds. The Morgan fingerprint density at radius 1 is 1.38 bits per heavy atom. The van der Waals surface area contributed by atoms with Crippen molar-refractivity contribution in [2.75, 3.05) is 11.3 Å². The van der Waals surface area contributed by atoms with E-state index >= 15 is 0 Å². The lowest BCUT2D eigenvalue weighted by molar-refractivity contribution is 0.600. The SMILES string of the molecule is CCNCc1cc(Br)c(C)c(S(=O)(=O)Nc2cn[nH]c2)c1. The van der Waals surface area contributed by atoms with Gasteiger partial charge in [-0.1, -0.05) is 22.9 Å². The molecule has 8 heteroatoms. The molecule has 21 heavy (non-hydrogen) atoms. The molecule has 2 rings (SSSR count). The Hall–Kier alpha value is -1.38. The highest BCUT2D eigenvalue weighted by Gasteiger charge is 2.20. The quantitative estimate of drug-likeness (QED) is 0.726. The van der Waals surface area contributed by atoms with E-state index in [1.165, 1.54) is 12.4 Å². The molecular weight excluding hydrogens is 356 g/mol. The fraction of sp³-hybridized carbons (Fsp3) is 0.308. The van der Waals surface area contributed by atoms with Crippen LogP contribution < -0.4 is 10.0 Å². The number of aromatic nitrogens is 2. The summed E-state index contributed by atoms with van der Waals surface area (Å²) < 4.78 is 28.3. The molecule has 0 saturated carbocycles. The number of nitrogens with zero attached hydrogens (tertiary/aromatic N) is 1. The molecule has 0 aliphatic heterocycles. The second-order valence-electron chi connectivity index (χ2n) is 4.57. The number of sulfonamides is 1. The number of aromatic amines is 1. The summed E-state index contributed by atoms with van der Waals surface area (Å²) in [5, 5.41) is 9.48. The third-order valence-electron chi connectivity index (χ3n) is 2.98. The minimum atomic E-state index is -3.65. The zero-order valence-corrected chi connectivity index (χ0v) is 14.2. The van der Waals surface area contributed by atoms with Gasteiger partial charge in [-0.2, -0.15) is 5.10 Å². The van der Waals surface area contributed by atoms with Gasteiger partial charge in [0.2, 0.25) is 0 Å². The topological polar surface area (TPSA) is 86.9 Å².